The molecule has 2 aromatic rings. The van der Waals surface area contributed by atoms with Crippen LogP contribution in [0.4, 0.5) is 0 Å². The molecule has 0 aliphatic carbocycles. The minimum Gasteiger partial charge on any atom is -0.469 e. The molecule has 90 valence electrons. The van der Waals surface area contributed by atoms with Crippen molar-refractivity contribution in [1.82, 2.24) is 0 Å². The maximum atomic E-state index is 10.6. The van der Waals surface area contributed by atoms with E-state index in [1.807, 2.05) is 49.4 Å². The molecule has 0 amide bonds. The van der Waals surface area contributed by atoms with Gasteiger partial charge < -0.3 is 9.52 Å². The van der Waals surface area contributed by atoms with Gasteiger partial charge in [0.2, 0.25) is 0 Å². The maximum Gasteiger partial charge on any atom is 0.106 e. The molecule has 0 fully saturated rings. The standard InChI is InChI=1S/C15H18O2/c1-2-15(16,12-14-9-6-10-17-14)11-13-7-4-3-5-8-13/h3-10,16H,2,11-12H2,1H3. The van der Waals surface area contributed by atoms with Crippen LogP contribution < -0.4 is 0 Å². The van der Waals surface area contributed by atoms with Gasteiger partial charge in [-0.15, -0.1) is 0 Å². The fourth-order valence-electron chi connectivity index (χ4n) is 2.03. The summed E-state index contributed by atoms with van der Waals surface area (Å²) < 4.78 is 5.31. The zero-order valence-electron chi connectivity index (χ0n) is 10.1. The predicted octanol–water partition coefficient (Wildman–Crippen LogP) is 3.21. The summed E-state index contributed by atoms with van der Waals surface area (Å²) in [5.41, 5.74) is 0.433. The molecule has 0 aliphatic rings. The van der Waals surface area contributed by atoms with E-state index in [4.69, 9.17) is 4.42 Å². The van der Waals surface area contributed by atoms with Crippen LogP contribution in [0.2, 0.25) is 0 Å². The van der Waals surface area contributed by atoms with E-state index in [1.54, 1.807) is 6.26 Å². The van der Waals surface area contributed by atoms with Crippen molar-refractivity contribution in [2.24, 2.45) is 0 Å². The van der Waals surface area contributed by atoms with Crippen LogP contribution in [-0.2, 0) is 12.8 Å². The quantitative estimate of drug-likeness (QED) is 0.855. The Labute approximate surface area is 102 Å². The lowest BCUT2D eigenvalue weighted by Crippen LogP contribution is -2.33. The number of aliphatic hydroxyl groups is 1. The normalized spacial score (nSPS) is 14.5. The molecule has 2 heteroatoms. The van der Waals surface area contributed by atoms with E-state index >= 15 is 0 Å². The van der Waals surface area contributed by atoms with Crippen molar-refractivity contribution in [1.29, 1.82) is 0 Å². The lowest BCUT2D eigenvalue weighted by atomic mass is 9.88. The molecule has 1 heterocycles. The van der Waals surface area contributed by atoms with E-state index in [-0.39, 0.29) is 0 Å². The van der Waals surface area contributed by atoms with Gasteiger partial charge in [-0.25, -0.2) is 0 Å². The van der Waals surface area contributed by atoms with Gasteiger partial charge in [-0.1, -0.05) is 37.3 Å². The summed E-state index contributed by atoms with van der Waals surface area (Å²) >= 11 is 0. The second-order valence-corrected chi connectivity index (χ2v) is 4.50. The summed E-state index contributed by atoms with van der Waals surface area (Å²) in [5, 5.41) is 10.6. The van der Waals surface area contributed by atoms with E-state index < -0.39 is 5.60 Å². The first-order valence-electron chi connectivity index (χ1n) is 6.00. The van der Waals surface area contributed by atoms with Crippen LogP contribution in [0.5, 0.6) is 0 Å². The summed E-state index contributed by atoms with van der Waals surface area (Å²) in [6, 6.07) is 13.8. The van der Waals surface area contributed by atoms with Gasteiger partial charge in [0.15, 0.2) is 0 Å². The highest BCUT2D eigenvalue weighted by Crippen LogP contribution is 2.22. The molecule has 1 aromatic carbocycles. The molecule has 2 rings (SSSR count). The third-order valence-corrected chi connectivity index (χ3v) is 3.12. The molecule has 1 aromatic heterocycles. The molecule has 1 N–H and O–H groups in total. The van der Waals surface area contributed by atoms with Crippen LogP contribution in [0.25, 0.3) is 0 Å². The van der Waals surface area contributed by atoms with E-state index in [2.05, 4.69) is 0 Å². The molecule has 0 saturated heterocycles. The first kappa shape index (κ1) is 11.9. The Hall–Kier alpha value is -1.54. The molecule has 0 bridgehead atoms. The van der Waals surface area contributed by atoms with Crippen molar-refractivity contribution < 1.29 is 9.52 Å². The van der Waals surface area contributed by atoms with Crippen molar-refractivity contribution in [3.63, 3.8) is 0 Å². The van der Waals surface area contributed by atoms with Crippen molar-refractivity contribution >= 4 is 0 Å². The highest BCUT2D eigenvalue weighted by Gasteiger charge is 2.26. The Balaban J connectivity index is 2.09. The Morgan fingerprint density at radius 1 is 1.06 bits per heavy atom. The highest BCUT2D eigenvalue weighted by atomic mass is 16.3. The molecule has 1 atom stereocenters. The van der Waals surface area contributed by atoms with Crippen LogP contribution in [-0.4, -0.2) is 10.7 Å². The Kier molecular flexibility index (Phi) is 3.64. The van der Waals surface area contributed by atoms with Gasteiger partial charge in [-0.3, -0.25) is 0 Å². The average Bonchev–Trinajstić information content (AvgIpc) is 2.83. The molecular formula is C15H18O2. The zero-order valence-corrected chi connectivity index (χ0v) is 10.1. The van der Waals surface area contributed by atoms with Crippen LogP contribution in [0.3, 0.4) is 0 Å². The van der Waals surface area contributed by atoms with Gasteiger partial charge in [0, 0.05) is 12.8 Å². The van der Waals surface area contributed by atoms with Crippen LogP contribution in [0.1, 0.15) is 24.7 Å². The summed E-state index contributed by atoms with van der Waals surface area (Å²) in [5.74, 6) is 0.838. The van der Waals surface area contributed by atoms with E-state index in [0.717, 1.165) is 11.3 Å². The first-order chi connectivity index (χ1) is 8.22. The molecular weight excluding hydrogens is 212 g/mol. The molecule has 0 radical (unpaired) electrons. The van der Waals surface area contributed by atoms with Crippen LogP contribution in [0, 0.1) is 0 Å². The number of rotatable bonds is 5. The van der Waals surface area contributed by atoms with Crippen molar-refractivity contribution in [2.75, 3.05) is 0 Å². The third-order valence-electron chi connectivity index (χ3n) is 3.12. The number of furan rings is 1. The highest BCUT2D eigenvalue weighted by molar-refractivity contribution is 5.18. The summed E-state index contributed by atoms with van der Waals surface area (Å²) in [7, 11) is 0. The molecule has 1 unspecified atom stereocenters. The van der Waals surface area contributed by atoms with Crippen LogP contribution >= 0.6 is 0 Å². The Morgan fingerprint density at radius 3 is 2.41 bits per heavy atom. The summed E-state index contributed by atoms with van der Waals surface area (Å²) in [4.78, 5) is 0. The average molecular weight is 230 g/mol. The minimum atomic E-state index is -0.723. The van der Waals surface area contributed by atoms with Gasteiger partial charge in [-0.05, 0) is 24.1 Å². The van der Waals surface area contributed by atoms with E-state index in [0.29, 0.717) is 19.3 Å². The predicted molar refractivity (Wildman–Crippen MR) is 67.8 cm³/mol. The largest absolute Gasteiger partial charge is 0.469 e. The van der Waals surface area contributed by atoms with Crippen LogP contribution in [0.15, 0.2) is 53.1 Å². The summed E-state index contributed by atoms with van der Waals surface area (Å²) in [6.07, 6.45) is 3.58. The molecule has 0 aliphatic heterocycles. The van der Waals surface area contributed by atoms with Crippen molar-refractivity contribution in [2.45, 2.75) is 31.8 Å². The second-order valence-electron chi connectivity index (χ2n) is 4.50. The van der Waals surface area contributed by atoms with Crippen molar-refractivity contribution in [3.8, 4) is 0 Å². The third kappa shape index (κ3) is 3.21. The lowest BCUT2D eigenvalue weighted by Gasteiger charge is -2.26. The fourth-order valence-corrected chi connectivity index (χ4v) is 2.03. The number of hydrogen-bond donors (Lipinski definition) is 1. The smallest absolute Gasteiger partial charge is 0.106 e. The molecule has 0 saturated carbocycles. The zero-order chi connectivity index (χ0) is 12.1. The van der Waals surface area contributed by atoms with Gasteiger partial charge in [0.25, 0.3) is 0 Å². The summed E-state index contributed by atoms with van der Waals surface area (Å²) in [6.45, 7) is 2.01. The Morgan fingerprint density at radius 2 is 1.82 bits per heavy atom. The van der Waals surface area contributed by atoms with E-state index in [1.165, 1.54) is 0 Å². The van der Waals surface area contributed by atoms with E-state index in [9.17, 15) is 5.11 Å². The molecule has 17 heavy (non-hydrogen) atoms. The minimum absolute atomic E-state index is 0.561. The van der Waals surface area contributed by atoms with Gasteiger partial charge in [0.1, 0.15) is 5.76 Å². The first-order valence-corrected chi connectivity index (χ1v) is 6.00. The SMILES string of the molecule is CCC(O)(Cc1ccccc1)Cc1ccco1. The van der Waals surface area contributed by atoms with Gasteiger partial charge in [0.05, 0.1) is 11.9 Å². The molecule has 2 nitrogen and oxygen atoms in total. The number of hydrogen-bond acceptors (Lipinski definition) is 2. The fraction of sp³-hybridized carbons (Fsp3) is 0.333. The van der Waals surface area contributed by atoms with Crippen molar-refractivity contribution in [3.05, 3.63) is 60.1 Å². The molecule has 0 spiro atoms. The number of benzene rings is 1. The lowest BCUT2D eigenvalue weighted by molar-refractivity contribution is 0.0320. The van der Waals surface area contributed by atoms with Gasteiger partial charge in [-0.2, -0.15) is 0 Å². The maximum absolute atomic E-state index is 10.6. The van der Waals surface area contributed by atoms with Gasteiger partial charge >= 0.3 is 0 Å². The Bertz CT molecular complexity index is 433. The topological polar surface area (TPSA) is 33.4 Å². The second kappa shape index (κ2) is 5.19. The monoisotopic (exact) mass is 230 g/mol.